The molecule has 5 rings (SSSR count). The maximum Gasteiger partial charge on any atom is 0.255 e. The summed E-state index contributed by atoms with van der Waals surface area (Å²) in [4.78, 5) is 26.3. The van der Waals surface area contributed by atoms with E-state index in [-0.39, 0.29) is 5.91 Å². The number of hydrogen-bond donors (Lipinski definition) is 3. The number of anilines is 4. The first-order valence-electron chi connectivity index (χ1n) is 10.9. The van der Waals surface area contributed by atoms with Crippen molar-refractivity contribution in [3.63, 3.8) is 0 Å². The summed E-state index contributed by atoms with van der Waals surface area (Å²) in [5, 5.41) is 6.03. The number of carbonyl (C=O) groups is 1. The van der Waals surface area contributed by atoms with E-state index in [9.17, 15) is 4.79 Å². The fourth-order valence-corrected chi connectivity index (χ4v) is 4.20. The van der Waals surface area contributed by atoms with Gasteiger partial charge in [0.15, 0.2) is 5.65 Å². The fourth-order valence-electron chi connectivity index (χ4n) is 4.20. The molecule has 0 aliphatic heterocycles. The average Bonchev–Trinajstić information content (AvgIpc) is 3.50. The van der Waals surface area contributed by atoms with Gasteiger partial charge in [-0.25, -0.2) is 9.97 Å². The van der Waals surface area contributed by atoms with Crippen molar-refractivity contribution in [3.05, 3.63) is 60.6 Å². The molecule has 2 aromatic carbocycles. The number of amides is 1. The van der Waals surface area contributed by atoms with Gasteiger partial charge in [0, 0.05) is 11.6 Å². The third kappa shape index (κ3) is 4.17. The van der Waals surface area contributed by atoms with Crippen LogP contribution < -0.4 is 21.1 Å². The largest absolute Gasteiger partial charge is 0.495 e. The lowest BCUT2D eigenvalue weighted by Gasteiger charge is -2.14. The second-order valence-electron chi connectivity index (χ2n) is 8.07. The Morgan fingerprint density at radius 2 is 1.94 bits per heavy atom. The van der Waals surface area contributed by atoms with Gasteiger partial charge >= 0.3 is 0 Å². The topological polar surface area (TPSA) is 120 Å². The van der Waals surface area contributed by atoms with Crippen LogP contribution in [0.1, 0.15) is 42.1 Å². The maximum absolute atomic E-state index is 12.7. The smallest absolute Gasteiger partial charge is 0.255 e. The second-order valence-corrected chi connectivity index (χ2v) is 8.07. The zero-order valence-electron chi connectivity index (χ0n) is 18.3. The number of carbonyl (C=O) groups excluding carboxylic acids is 1. The number of nitrogens with one attached hydrogen (secondary N) is 2. The molecule has 4 N–H and O–H groups in total. The summed E-state index contributed by atoms with van der Waals surface area (Å²) in [6, 6.07) is 12.7. The van der Waals surface area contributed by atoms with E-state index in [0.717, 1.165) is 24.0 Å². The Kier molecular flexibility index (Phi) is 5.52. The molecular weight excluding hydrogens is 418 g/mol. The van der Waals surface area contributed by atoms with Crippen molar-refractivity contribution in [2.75, 3.05) is 23.5 Å². The first kappa shape index (κ1) is 20.7. The van der Waals surface area contributed by atoms with Crippen molar-refractivity contribution in [2.45, 2.75) is 31.7 Å². The zero-order valence-corrected chi connectivity index (χ0v) is 18.3. The van der Waals surface area contributed by atoms with Crippen molar-refractivity contribution in [3.8, 4) is 5.75 Å². The molecule has 9 nitrogen and oxygen atoms in total. The van der Waals surface area contributed by atoms with Crippen molar-refractivity contribution in [1.82, 2.24) is 19.5 Å². The molecule has 33 heavy (non-hydrogen) atoms. The van der Waals surface area contributed by atoms with E-state index in [2.05, 4.69) is 25.2 Å². The molecule has 0 saturated heterocycles. The molecule has 1 saturated carbocycles. The van der Waals surface area contributed by atoms with Crippen molar-refractivity contribution in [1.29, 1.82) is 0 Å². The minimum Gasteiger partial charge on any atom is -0.495 e. The summed E-state index contributed by atoms with van der Waals surface area (Å²) in [6.07, 6.45) is 8.32. The van der Waals surface area contributed by atoms with Gasteiger partial charge in [-0.3, -0.25) is 4.79 Å². The van der Waals surface area contributed by atoms with Crippen LogP contribution in [0.25, 0.3) is 11.2 Å². The van der Waals surface area contributed by atoms with Gasteiger partial charge in [0.25, 0.3) is 5.91 Å². The average molecular weight is 444 g/mol. The van der Waals surface area contributed by atoms with Gasteiger partial charge in [0.1, 0.15) is 11.3 Å². The highest BCUT2D eigenvalue weighted by Gasteiger charge is 2.20. The normalized spacial score (nSPS) is 13.8. The van der Waals surface area contributed by atoms with Crippen LogP contribution in [0.15, 0.2) is 55.0 Å². The first-order valence-corrected chi connectivity index (χ1v) is 10.9. The van der Waals surface area contributed by atoms with Crippen LogP contribution in [0, 0.1) is 0 Å². The van der Waals surface area contributed by atoms with E-state index >= 15 is 0 Å². The number of imidazole rings is 1. The Labute approximate surface area is 191 Å². The number of nitrogens with zero attached hydrogens (tertiary/aromatic N) is 4. The van der Waals surface area contributed by atoms with Crippen molar-refractivity contribution >= 4 is 40.1 Å². The Balaban J connectivity index is 1.38. The summed E-state index contributed by atoms with van der Waals surface area (Å²) in [5.41, 5.74) is 9.66. The highest BCUT2D eigenvalue weighted by Crippen LogP contribution is 2.32. The number of fused-ring (bicyclic) bond motifs is 1. The molecule has 1 aliphatic carbocycles. The first-order chi connectivity index (χ1) is 16.1. The lowest BCUT2D eigenvalue weighted by atomic mass is 10.1. The van der Waals surface area contributed by atoms with Gasteiger partial charge in [-0.2, -0.15) is 4.98 Å². The molecule has 0 bridgehead atoms. The fraction of sp³-hybridized carbons (Fsp3) is 0.250. The quantitative estimate of drug-likeness (QED) is 0.375. The number of nitrogens with two attached hydrogens (primary N) is 1. The number of hydrogen-bond acceptors (Lipinski definition) is 7. The standard InChI is InChI=1S/C24H25N7O2/c1-33-21-12-15(23(32)28-18-9-5-4-8-17(18)25)10-11-19(21)29-24-26-13-20-22(30-24)31(14-27-20)16-6-2-3-7-16/h4-5,8-14,16H,2-3,6-7,25H2,1H3,(H,28,32)(H,26,29,30). The Morgan fingerprint density at radius 3 is 2.73 bits per heavy atom. The van der Waals surface area contributed by atoms with Gasteiger partial charge in [0.2, 0.25) is 5.95 Å². The van der Waals surface area contributed by atoms with Gasteiger partial charge < -0.3 is 25.7 Å². The van der Waals surface area contributed by atoms with Gasteiger partial charge in [-0.05, 0) is 43.2 Å². The van der Waals surface area contributed by atoms with Crippen LogP contribution in [-0.4, -0.2) is 32.5 Å². The second kappa shape index (κ2) is 8.78. The van der Waals surface area contributed by atoms with Crippen LogP contribution >= 0.6 is 0 Å². The number of aromatic nitrogens is 4. The molecule has 0 radical (unpaired) electrons. The number of rotatable bonds is 6. The highest BCUT2D eigenvalue weighted by atomic mass is 16.5. The Morgan fingerprint density at radius 1 is 1.12 bits per heavy atom. The summed E-state index contributed by atoms with van der Waals surface area (Å²) in [6.45, 7) is 0. The number of nitrogen functional groups attached to an aromatic ring is 1. The van der Waals surface area contributed by atoms with Crippen LogP contribution in [0.3, 0.4) is 0 Å². The van der Waals surface area contributed by atoms with Crippen molar-refractivity contribution in [2.24, 2.45) is 0 Å². The molecule has 9 heteroatoms. The molecule has 0 spiro atoms. The van der Waals surface area contributed by atoms with Gasteiger partial charge in [-0.15, -0.1) is 0 Å². The third-order valence-corrected chi connectivity index (χ3v) is 5.95. The molecule has 1 fully saturated rings. The monoisotopic (exact) mass is 443 g/mol. The summed E-state index contributed by atoms with van der Waals surface area (Å²) in [7, 11) is 1.55. The van der Waals surface area contributed by atoms with E-state index in [1.807, 2.05) is 18.5 Å². The molecule has 1 amide bonds. The molecule has 0 atom stereocenters. The van der Waals surface area contributed by atoms with Crippen LogP contribution in [-0.2, 0) is 0 Å². The summed E-state index contributed by atoms with van der Waals surface area (Å²) < 4.78 is 7.67. The minimum absolute atomic E-state index is 0.282. The number of benzene rings is 2. The van der Waals surface area contributed by atoms with Crippen molar-refractivity contribution < 1.29 is 9.53 Å². The molecule has 168 valence electrons. The van der Waals surface area contributed by atoms with E-state index in [1.165, 1.54) is 12.8 Å². The minimum atomic E-state index is -0.282. The SMILES string of the molecule is COc1cc(C(=O)Nc2ccccc2N)ccc1Nc1ncc2ncn(C3CCCC3)c2n1. The van der Waals surface area contributed by atoms with E-state index in [0.29, 0.717) is 40.4 Å². The molecule has 4 aromatic rings. The Hall–Kier alpha value is -4.14. The molecule has 1 aliphatic rings. The van der Waals surface area contributed by atoms with Gasteiger partial charge in [-0.1, -0.05) is 25.0 Å². The van der Waals surface area contributed by atoms with E-state index < -0.39 is 0 Å². The van der Waals surface area contributed by atoms with Crippen LogP contribution in [0.2, 0.25) is 0 Å². The maximum atomic E-state index is 12.7. The number of ether oxygens (including phenoxy) is 1. The number of para-hydroxylation sites is 2. The number of methoxy groups -OCH3 is 1. The van der Waals surface area contributed by atoms with Gasteiger partial charge in [0.05, 0.1) is 36.7 Å². The highest BCUT2D eigenvalue weighted by molar-refractivity contribution is 6.06. The molecule has 2 heterocycles. The summed E-state index contributed by atoms with van der Waals surface area (Å²) in [5.74, 6) is 0.655. The Bertz CT molecular complexity index is 1310. The molecule has 2 aromatic heterocycles. The molecular formula is C24H25N7O2. The lowest BCUT2D eigenvalue weighted by molar-refractivity contribution is 0.102. The molecule has 0 unspecified atom stereocenters. The zero-order chi connectivity index (χ0) is 22.8. The van der Waals surface area contributed by atoms with E-state index in [1.54, 1.807) is 43.6 Å². The lowest BCUT2D eigenvalue weighted by Crippen LogP contribution is -2.13. The predicted molar refractivity (Wildman–Crippen MR) is 128 cm³/mol. The third-order valence-electron chi connectivity index (χ3n) is 5.95. The van der Waals surface area contributed by atoms with E-state index in [4.69, 9.17) is 15.5 Å². The van der Waals surface area contributed by atoms with Crippen LogP contribution in [0.4, 0.5) is 23.0 Å². The predicted octanol–water partition coefficient (Wildman–Crippen LogP) is 4.53. The summed E-state index contributed by atoms with van der Waals surface area (Å²) >= 11 is 0. The van der Waals surface area contributed by atoms with Crippen LogP contribution in [0.5, 0.6) is 5.75 Å².